The summed E-state index contributed by atoms with van der Waals surface area (Å²) in [4.78, 5) is 14.2. The van der Waals surface area contributed by atoms with Gasteiger partial charge in [0.25, 0.3) is 0 Å². The first kappa shape index (κ1) is 23.2. The fraction of sp³-hybridized carbons (Fsp3) is 0.929. The van der Waals surface area contributed by atoms with Crippen LogP contribution in [0, 0.1) is 5.92 Å². The van der Waals surface area contributed by atoms with Gasteiger partial charge >= 0.3 is 0 Å². The smallest absolute Gasteiger partial charge is 0.223 e. The van der Waals surface area contributed by atoms with Crippen LogP contribution in [0.4, 0.5) is 0 Å². The molecule has 2 atom stereocenters. The zero-order chi connectivity index (χ0) is 14.1. The highest BCUT2D eigenvalue weighted by Crippen LogP contribution is 2.22. The molecule has 1 fully saturated rings. The summed E-state index contributed by atoms with van der Waals surface area (Å²) >= 11 is 0. The quantitative estimate of drug-likeness (QED) is 0.654. The molecule has 1 rings (SSSR count). The molecular weight excluding hydrogens is 313 g/mol. The summed E-state index contributed by atoms with van der Waals surface area (Å²) in [5.74, 6) is 0.308. The standard InChI is InChI=1S/C14H29N3O2.2ClH/c1-17(8-4-10-19-2)9-7-16-14(18)12-5-3-6-13(15)11-12;;/h12-13H,3-11,15H2,1-2H3,(H,16,18);2*1H. The number of ether oxygens (including phenoxy) is 1. The van der Waals surface area contributed by atoms with Gasteiger partial charge in [-0.05, 0) is 32.7 Å². The predicted octanol–water partition coefficient (Wildman–Crippen LogP) is 1.43. The second-order valence-corrected chi connectivity index (χ2v) is 5.56. The molecule has 0 spiro atoms. The van der Waals surface area contributed by atoms with E-state index in [1.807, 2.05) is 0 Å². The molecule has 5 nitrogen and oxygen atoms in total. The molecule has 0 aromatic carbocycles. The van der Waals surface area contributed by atoms with Crippen molar-refractivity contribution in [3.8, 4) is 0 Å². The zero-order valence-corrected chi connectivity index (χ0v) is 14.8. The molecule has 21 heavy (non-hydrogen) atoms. The molecule has 1 aliphatic carbocycles. The number of amides is 1. The van der Waals surface area contributed by atoms with Crippen molar-refractivity contribution in [2.24, 2.45) is 11.7 Å². The van der Waals surface area contributed by atoms with Crippen LogP contribution in [-0.4, -0.2) is 57.2 Å². The second kappa shape index (κ2) is 13.6. The van der Waals surface area contributed by atoms with E-state index in [1.165, 1.54) is 0 Å². The summed E-state index contributed by atoms with van der Waals surface area (Å²) in [6.45, 7) is 3.39. The first-order valence-electron chi connectivity index (χ1n) is 7.34. The summed E-state index contributed by atoms with van der Waals surface area (Å²) in [6, 6.07) is 0.209. The highest BCUT2D eigenvalue weighted by molar-refractivity contribution is 5.85. The molecule has 128 valence electrons. The third kappa shape index (κ3) is 10.3. The van der Waals surface area contributed by atoms with Crippen molar-refractivity contribution in [1.82, 2.24) is 10.2 Å². The topological polar surface area (TPSA) is 67.6 Å². The highest BCUT2D eigenvalue weighted by atomic mass is 35.5. The largest absolute Gasteiger partial charge is 0.385 e. The van der Waals surface area contributed by atoms with E-state index < -0.39 is 0 Å². The Balaban J connectivity index is 0. The number of hydrogen-bond donors (Lipinski definition) is 2. The SMILES string of the molecule is COCCCN(C)CCNC(=O)C1CCCC(N)C1.Cl.Cl. The van der Waals surface area contributed by atoms with Gasteiger partial charge in [0.2, 0.25) is 5.91 Å². The maximum Gasteiger partial charge on any atom is 0.223 e. The van der Waals surface area contributed by atoms with Crippen LogP contribution in [0.2, 0.25) is 0 Å². The van der Waals surface area contributed by atoms with Crippen molar-refractivity contribution in [2.75, 3.05) is 40.4 Å². The number of nitrogens with zero attached hydrogens (tertiary/aromatic N) is 1. The van der Waals surface area contributed by atoms with Gasteiger partial charge in [-0.15, -0.1) is 24.8 Å². The van der Waals surface area contributed by atoms with Crippen LogP contribution in [0.15, 0.2) is 0 Å². The lowest BCUT2D eigenvalue weighted by atomic mass is 9.85. The number of likely N-dealkylation sites (N-methyl/N-ethyl adjacent to an activating group) is 1. The maximum absolute atomic E-state index is 12.0. The van der Waals surface area contributed by atoms with Crippen LogP contribution in [-0.2, 0) is 9.53 Å². The van der Waals surface area contributed by atoms with Crippen molar-refractivity contribution in [2.45, 2.75) is 38.1 Å². The molecule has 3 N–H and O–H groups in total. The summed E-state index contributed by atoms with van der Waals surface area (Å²) in [6.07, 6.45) is 5.00. The first-order chi connectivity index (χ1) is 9.13. The third-order valence-corrected chi connectivity index (χ3v) is 3.77. The minimum absolute atomic E-state index is 0. The summed E-state index contributed by atoms with van der Waals surface area (Å²) < 4.78 is 5.02. The van der Waals surface area contributed by atoms with Crippen LogP contribution < -0.4 is 11.1 Å². The minimum Gasteiger partial charge on any atom is -0.385 e. The van der Waals surface area contributed by atoms with Gasteiger partial charge < -0.3 is 20.7 Å². The fourth-order valence-corrected chi connectivity index (χ4v) is 2.57. The lowest BCUT2D eigenvalue weighted by molar-refractivity contribution is -0.126. The van der Waals surface area contributed by atoms with E-state index in [0.717, 1.165) is 51.8 Å². The molecule has 0 radical (unpaired) electrons. The van der Waals surface area contributed by atoms with E-state index >= 15 is 0 Å². The summed E-state index contributed by atoms with van der Waals surface area (Å²) in [7, 11) is 3.79. The first-order valence-corrected chi connectivity index (χ1v) is 7.34. The normalized spacial score (nSPS) is 21.3. The van der Waals surface area contributed by atoms with Gasteiger partial charge in [-0.3, -0.25) is 4.79 Å². The van der Waals surface area contributed by atoms with E-state index in [1.54, 1.807) is 7.11 Å². The molecule has 2 unspecified atom stereocenters. The van der Waals surface area contributed by atoms with Gasteiger partial charge in [0.15, 0.2) is 0 Å². The van der Waals surface area contributed by atoms with Crippen molar-refractivity contribution in [3.05, 3.63) is 0 Å². The zero-order valence-electron chi connectivity index (χ0n) is 13.2. The molecule has 0 aromatic heterocycles. The lowest BCUT2D eigenvalue weighted by Gasteiger charge is -2.26. The van der Waals surface area contributed by atoms with Crippen molar-refractivity contribution < 1.29 is 9.53 Å². The molecule has 0 saturated heterocycles. The van der Waals surface area contributed by atoms with Crippen LogP contribution in [0.1, 0.15) is 32.1 Å². The lowest BCUT2D eigenvalue weighted by Crippen LogP contribution is -2.40. The molecular formula is C14H31Cl2N3O2. The van der Waals surface area contributed by atoms with Crippen LogP contribution >= 0.6 is 24.8 Å². The van der Waals surface area contributed by atoms with Crippen LogP contribution in [0.25, 0.3) is 0 Å². The molecule has 0 heterocycles. The maximum atomic E-state index is 12.0. The number of carbonyl (C=O) groups is 1. The van der Waals surface area contributed by atoms with Crippen LogP contribution in [0.3, 0.4) is 0 Å². The summed E-state index contributed by atoms with van der Waals surface area (Å²) in [5, 5.41) is 3.03. The van der Waals surface area contributed by atoms with Crippen molar-refractivity contribution >= 4 is 30.7 Å². The monoisotopic (exact) mass is 343 g/mol. The Kier molecular flexibility index (Phi) is 15.0. The number of carbonyl (C=O) groups excluding carboxylic acids is 1. The average molecular weight is 344 g/mol. The van der Waals surface area contributed by atoms with Gasteiger partial charge in [-0.25, -0.2) is 0 Å². The van der Waals surface area contributed by atoms with Gasteiger partial charge in [0.05, 0.1) is 0 Å². The van der Waals surface area contributed by atoms with E-state index in [9.17, 15) is 4.79 Å². The van der Waals surface area contributed by atoms with E-state index in [-0.39, 0.29) is 42.7 Å². The summed E-state index contributed by atoms with van der Waals surface area (Å²) in [5.41, 5.74) is 5.91. The van der Waals surface area contributed by atoms with Crippen molar-refractivity contribution in [3.63, 3.8) is 0 Å². The number of nitrogens with one attached hydrogen (secondary N) is 1. The van der Waals surface area contributed by atoms with E-state index in [2.05, 4.69) is 17.3 Å². The third-order valence-electron chi connectivity index (χ3n) is 3.77. The Morgan fingerprint density at radius 3 is 2.67 bits per heavy atom. The molecule has 0 aliphatic heterocycles. The Labute approximate surface area is 141 Å². The van der Waals surface area contributed by atoms with Gasteiger partial charge in [-0.2, -0.15) is 0 Å². The number of nitrogens with two attached hydrogens (primary N) is 1. The van der Waals surface area contributed by atoms with E-state index in [4.69, 9.17) is 10.5 Å². The molecule has 0 bridgehead atoms. The number of hydrogen-bond acceptors (Lipinski definition) is 4. The minimum atomic E-state index is 0. The molecule has 1 amide bonds. The molecule has 1 saturated carbocycles. The van der Waals surface area contributed by atoms with E-state index in [0.29, 0.717) is 6.54 Å². The van der Waals surface area contributed by atoms with Crippen LogP contribution in [0.5, 0.6) is 0 Å². The van der Waals surface area contributed by atoms with Crippen molar-refractivity contribution in [1.29, 1.82) is 0 Å². The number of methoxy groups -OCH3 is 1. The second-order valence-electron chi connectivity index (χ2n) is 5.56. The molecule has 7 heteroatoms. The van der Waals surface area contributed by atoms with Gasteiger partial charge in [-0.1, -0.05) is 6.42 Å². The highest BCUT2D eigenvalue weighted by Gasteiger charge is 2.24. The number of rotatable bonds is 8. The Morgan fingerprint density at radius 1 is 1.33 bits per heavy atom. The number of halogens is 2. The Morgan fingerprint density at radius 2 is 2.05 bits per heavy atom. The Hall–Kier alpha value is -0.0700. The molecule has 1 aliphatic rings. The van der Waals surface area contributed by atoms with Gasteiger partial charge in [0.1, 0.15) is 0 Å². The molecule has 0 aromatic rings. The fourth-order valence-electron chi connectivity index (χ4n) is 2.57. The average Bonchev–Trinajstić information content (AvgIpc) is 2.39. The Bertz CT molecular complexity index is 271. The van der Waals surface area contributed by atoms with Gasteiger partial charge in [0, 0.05) is 45.3 Å². The predicted molar refractivity (Wildman–Crippen MR) is 91.4 cm³/mol.